The molecule has 1 aliphatic rings. The highest BCUT2D eigenvalue weighted by Crippen LogP contribution is 2.30. The van der Waals surface area contributed by atoms with Gasteiger partial charge in [0.1, 0.15) is 17.3 Å². The van der Waals surface area contributed by atoms with Crippen LogP contribution in [0.15, 0.2) is 45.3 Å². The summed E-state index contributed by atoms with van der Waals surface area (Å²) >= 11 is 6.62. The Morgan fingerprint density at radius 1 is 1.14 bits per heavy atom. The van der Waals surface area contributed by atoms with Crippen LogP contribution in [0.2, 0.25) is 0 Å². The summed E-state index contributed by atoms with van der Waals surface area (Å²) in [5, 5.41) is 3.46. The molecule has 1 saturated carbocycles. The third-order valence-corrected chi connectivity index (χ3v) is 4.44. The van der Waals surface area contributed by atoms with Crippen LogP contribution in [0.3, 0.4) is 0 Å². The van der Waals surface area contributed by atoms with Gasteiger partial charge in [0.2, 0.25) is 0 Å². The zero-order valence-corrected chi connectivity index (χ0v) is 14.4. The van der Waals surface area contributed by atoms with E-state index in [1.165, 1.54) is 18.9 Å². The number of hydrogen-bond acceptors (Lipinski definition) is 2. The molecule has 0 bridgehead atoms. The van der Waals surface area contributed by atoms with Crippen LogP contribution >= 0.6 is 31.9 Å². The molecule has 0 aliphatic heterocycles. The van der Waals surface area contributed by atoms with Gasteiger partial charge in [0, 0.05) is 28.7 Å². The number of ether oxygens (including phenoxy) is 1. The third kappa shape index (κ3) is 4.05. The third-order valence-electron chi connectivity index (χ3n) is 3.30. The lowest BCUT2D eigenvalue weighted by Crippen LogP contribution is -2.15. The van der Waals surface area contributed by atoms with Crippen molar-refractivity contribution in [1.29, 1.82) is 0 Å². The molecular formula is C16H14Br2FNO. The molecule has 0 spiro atoms. The zero-order valence-electron chi connectivity index (χ0n) is 11.2. The smallest absolute Gasteiger partial charge is 0.141 e. The summed E-state index contributed by atoms with van der Waals surface area (Å²) in [6.45, 7) is 0.748. The molecule has 0 aromatic heterocycles. The molecule has 0 unspecified atom stereocenters. The first-order valence-electron chi connectivity index (χ1n) is 6.76. The summed E-state index contributed by atoms with van der Waals surface area (Å²) in [5.74, 6) is 0.904. The van der Waals surface area contributed by atoms with E-state index in [1.54, 1.807) is 12.1 Å². The van der Waals surface area contributed by atoms with E-state index in [2.05, 4.69) is 37.2 Å². The van der Waals surface area contributed by atoms with Crippen LogP contribution in [0.5, 0.6) is 11.5 Å². The van der Waals surface area contributed by atoms with E-state index in [9.17, 15) is 4.39 Å². The van der Waals surface area contributed by atoms with Crippen molar-refractivity contribution in [2.75, 3.05) is 0 Å². The van der Waals surface area contributed by atoms with Crippen molar-refractivity contribution < 1.29 is 9.13 Å². The Hall–Kier alpha value is -0.910. The van der Waals surface area contributed by atoms with Crippen molar-refractivity contribution in [3.05, 3.63) is 56.7 Å². The predicted molar refractivity (Wildman–Crippen MR) is 88.2 cm³/mol. The van der Waals surface area contributed by atoms with Gasteiger partial charge in [-0.3, -0.25) is 0 Å². The van der Waals surface area contributed by atoms with Crippen LogP contribution in [-0.4, -0.2) is 6.04 Å². The van der Waals surface area contributed by atoms with E-state index < -0.39 is 0 Å². The van der Waals surface area contributed by atoms with Crippen molar-refractivity contribution in [2.45, 2.75) is 25.4 Å². The van der Waals surface area contributed by atoms with Gasteiger partial charge in [-0.15, -0.1) is 0 Å². The van der Waals surface area contributed by atoms with E-state index in [1.807, 2.05) is 18.2 Å². The number of rotatable bonds is 5. The van der Waals surface area contributed by atoms with Gasteiger partial charge in [-0.05, 0) is 59.1 Å². The lowest BCUT2D eigenvalue weighted by Gasteiger charge is -2.13. The van der Waals surface area contributed by atoms with Gasteiger partial charge < -0.3 is 10.1 Å². The lowest BCUT2D eigenvalue weighted by atomic mass is 10.2. The van der Waals surface area contributed by atoms with Gasteiger partial charge in [-0.1, -0.05) is 15.9 Å². The SMILES string of the molecule is Fc1cc(Oc2ccc(Br)cc2CNC2CC2)ccc1Br. The minimum Gasteiger partial charge on any atom is -0.457 e. The predicted octanol–water partition coefficient (Wildman–Crippen LogP) is 5.40. The Kier molecular flexibility index (Phi) is 4.62. The van der Waals surface area contributed by atoms with E-state index in [-0.39, 0.29) is 5.82 Å². The molecule has 1 N–H and O–H groups in total. The minimum absolute atomic E-state index is 0.331. The van der Waals surface area contributed by atoms with Crippen LogP contribution < -0.4 is 10.1 Å². The van der Waals surface area contributed by atoms with E-state index in [0.29, 0.717) is 16.3 Å². The Morgan fingerprint density at radius 3 is 2.67 bits per heavy atom. The Bertz CT molecular complexity index is 659. The average molecular weight is 415 g/mol. The summed E-state index contributed by atoms with van der Waals surface area (Å²) in [4.78, 5) is 0. The first kappa shape index (κ1) is 15.0. The van der Waals surface area contributed by atoms with Crippen molar-refractivity contribution in [3.8, 4) is 11.5 Å². The summed E-state index contributed by atoms with van der Waals surface area (Å²) < 4.78 is 20.8. The Labute approximate surface area is 140 Å². The van der Waals surface area contributed by atoms with Crippen LogP contribution in [0, 0.1) is 5.82 Å². The second-order valence-electron chi connectivity index (χ2n) is 5.09. The standard InChI is InChI=1S/C16H14Br2FNO/c17-11-1-6-16(10(7-11)9-20-12-2-3-12)21-13-4-5-14(18)15(19)8-13/h1,4-8,12,20H,2-3,9H2. The first-order chi connectivity index (χ1) is 10.1. The molecule has 0 heterocycles. The number of nitrogens with one attached hydrogen (secondary N) is 1. The fourth-order valence-corrected chi connectivity index (χ4v) is 2.65. The van der Waals surface area contributed by atoms with Crippen LogP contribution in [-0.2, 0) is 6.54 Å². The fourth-order valence-electron chi connectivity index (χ4n) is 1.99. The highest BCUT2D eigenvalue weighted by atomic mass is 79.9. The van der Waals surface area contributed by atoms with E-state index in [0.717, 1.165) is 22.3 Å². The summed E-state index contributed by atoms with van der Waals surface area (Å²) in [7, 11) is 0. The van der Waals surface area contributed by atoms with Crippen molar-refractivity contribution in [1.82, 2.24) is 5.32 Å². The monoisotopic (exact) mass is 413 g/mol. The molecular weight excluding hydrogens is 401 g/mol. The molecule has 5 heteroatoms. The molecule has 2 aromatic rings. The normalized spacial score (nSPS) is 14.2. The van der Waals surface area contributed by atoms with E-state index >= 15 is 0 Å². The summed E-state index contributed by atoms with van der Waals surface area (Å²) in [6, 6.07) is 11.2. The molecule has 1 fully saturated rings. The van der Waals surface area contributed by atoms with Crippen LogP contribution in [0.4, 0.5) is 4.39 Å². The zero-order chi connectivity index (χ0) is 14.8. The maximum atomic E-state index is 13.6. The summed E-state index contributed by atoms with van der Waals surface area (Å²) in [6.07, 6.45) is 2.48. The van der Waals surface area contributed by atoms with Gasteiger partial charge in [-0.2, -0.15) is 0 Å². The molecule has 2 nitrogen and oxygen atoms in total. The highest BCUT2D eigenvalue weighted by Gasteiger charge is 2.20. The van der Waals surface area contributed by atoms with Gasteiger partial charge >= 0.3 is 0 Å². The number of halogens is 3. The molecule has 0 amide bonds. The Morgan fingerprint density at radius 2 is 1.95 bits per heavy atom. The van der Waals surface area contributed by atoms with Crippen molar-refractivity contribution in [2.24, 2.45) is 0 Å². The second-order valence-corrected chi connectivity index (χ2v) is 6.86. The summed E-state index contributed by atoms with van der Waals surface area (Å²) in [5.41, 5.74) is 1.06. The molecule has 1 aliphatic carbocycles. The van der Waals surface area contributed by atoms with Crippen molar-refractivity contribution >= 4 is 31.9 Å². The molecule has 0 radical (unpaired) electrons. The fraction of sp³-hybridized carbons (Fsp3) is 0.250. The largest absolute Gasteiger partial charge is 0.457 e. The van der Waals surface area contributed by atoms with Gasteiger partial charge in [-0.25, -0.2) is 4.39 Å². The maximum Gasteiger partial charge on any atom is 0.141 e. The van der Waals surface area contributed by atoms with Crippen LogP contribution in [0.1, 0.15) is 18.4 Å². The molecule has 3 rings (SSSR count). The second kappa shape index (κ2) is 6.46. The van der Waals surface area contributed by atoms with Gasteiger partial charge in [0.25, 0.3) is 0 Å². The highest BCUT2D eigenvalue weighted by molar-refractivity contribution is 9.10. The minimum atomic E-state index is -0.331. The maximum absolute atomic E-state index is 13.6. The Balaban J connectivity index is 1.80. The molecule has 110 valence electrons. The molecule has 0 atom stereocenters. The van der Waals surface area contributed by atoms with Gasteiger partial charge in [0.05, 0.1) is 4.47 Å². The van der Waals surface area contributed by atoms with Crippen molar-refractivity contribution in [3.63, 3.8) is 0 Å². The topological polar surface area (TPSA) is 21.3 Å². The number of hydrogen-bond donors (Lipinski definition) is 1. The molecule has 2 aromatic carbocycles. The molecule has 0 saturated heterocycles. The van der Waals surface area contributed by atoms with Crippen LogP contribution in [0.25, 0.3) is 0 Å². The first-order valence-corrected chi connectivity index (χ1v) is 8.35. The lowest BCUT2D eigenvalue weighted by molar-refractivity contribution is 0.466. The molecule has 21 heavy (non-hydrogen) atoms. The average Bonchev–Trinajstić information content (AvgIpc) is 3.27. The quantitative estimate of drug-likeness (QED) is 0.707. The number of benzene rings is 2. The van der Waals surface area contributed by atoms with Gasteiger partial charge in [0.15, 0.2) is 0 Å². The van der Waals surface area contributed by atoms with E-state index in [4.69, 9.17) is 4.74 Å².